The molecular weight excluding hydrogens is 330 g/mol. The van der Waals surface area contributed by atoms with E-state index in [1.165, 1.54) is 4.90 Å². The molecule has 2 aromatic rings. The summed E-state index contributed by atoms with van der Waals surface area (Å²) in [4.78, 5) is 17.8. The molecule has 2 amide bonds. The van der Waals surface area contributed by atoms with E-state index in [-0.39, 0.29) is 30.6 Å². The number of para-hydroxylation sites is 2. The second-order valence-electron chi connectivity index (χ2n) is 5.36. The smallest absolute Gasteiger partial charge is 0.322 e. The van der Waals surface area contributed by atoms with Crippen molar-refractivity contribution in [3.05, 3.63) is 48.8 Å². The standard InChI is InChI=1S/C16H17N3O4S/c20-16(19-8-10-24(21,22)11-9-19)18-14-5-1-2-6-15(14)23-13-4-3-7-17-12-13/h1-7,12H,8-11H2,(H,18,20). The average Bonchev–Trinajstić information content (AvgIpc) is 2.57. The fourth-order valence-electron chi connectivity index (χ4n) is 2.30. The maximum atomic E-state index is 12.3. The Hall–Kier alpha value is -2.61. The lowest BCUT2D eigenvalue weighted by atomic mass is 10.3. The predicted molar refractivity (Wildman–Crippen MR) is 90.0 cm³/mol. The number of hydrogen-bond donors (Lipinski definition) is 1. The fraction of sp³-hybridized carbons (Fsp3) is 0.250. The van der Waals surface area contributed by atoms with Crippen LogP contribution in [0.2, 0.25) is 0 Å². The monoisotopic (exact) mass is 347 g/mol. The van der Waals surface area contributed by atoms with E-state index in [0.29, 0.717) is 17.2 Å². The zero-order chi connectivity index (χ0) is 17.0. The third kappa shape index (κ3) is 4.02. The first-order valence-corrected chi connectivity index (χ1v) is 9.29. The number of urea groups is 1. The number of aromatic nitrogens is 1. The predicted octanol–water partition coefficient (Wildman–Crippen LogP) is 2.14. The SMILES string of the molecule is O=C(Nc1ccccc1Oc1cccnc1)N1CCS(=O)(=O)CC1. The molecule has 1 aliphatic heterocycles. The molecule has 1 aliphatic rings. The molecule has 24 heavy (non-hydrogen) atoms. The van der Waals surface area contributed by atoms with Crippen molar-refractivity contribution in [1.29, 1.82) is 0 Å². The largest absolute Gasteiger partial charge is 0.454 e. The van der Waals surface area contributed by atoms with Gasteiger partial charge in [-0.1, -0.05) is 12.1 Å². The molecule has 1 fully saturated rings. The lowest BCUT2D eigenvalue weighted by Crippen LogP contribution is -2.45. The van der Waals surface area contributed by atoms with Gasteiger partial charge in [0.25, 0.3) is 0 Å². The maximum Gasteiger partial charge on any atom is 0.322 e. The molecule has 126 valence electrons. The molecule has 3 rings (SSSR count). The Morgan fingerprint density at radius 1 is 1.12 bits per heavy atom. The van der Waals surface area contributed by atoms with E-state index in [4.69, 9.17) is 4.74 Å². The first kappa shape index (κ1) is 16.3. The number of benzene rings is 1. The minimum atomic E-state index is -3.02. The topological polar surface area (TPSA) is 88.6 Å². The molecule has 0 bridgehead atoms. The van der Waals surface area contributed by atoms with Crippen molar-refractivity contribution in [2.45, 2.75) is 0 Å². The van der Waals surface area contributed by atoms with E-state index in [9.17, 15) is 13.2 Å². The van der Waals surface area contributed by atoms with Crippen molar-refractivity contribution in [3.8, 4) is 11.5 Å². The summed E-state index contributed by atoms with van der Waals surface area (Å²) < 4.78 is 28.6. The van der Waals surface area contributed by atoms with E-state index in [1.54, 1.807) is 48.8 Å². The van der Waals surface area contributed by atoms with Gasteiger partial charge in [-0.05, 0) is 24.3 Å². The van der Waals surface area contributed by atoms with Crippen molar-refractivity contribution in [2.24, 2.45) is 0 Å². The van der Waals surface area contributed by atoms with Gasteiger partial charge in [0.2, 0.25) is 0 Å². The molecule has 1 N–H and O–H groups in total. The van der Waals surface area contributed by atoms with Crippen LogP contribution in [0.1, 0.15) is 0 Å². The second kappa shape index (κ2) is 6.88. The summed E-state index contributed by atoms with van der Waals surface area (Å²) in [7, 11) is -3.02. The van der Waals surface area contributed by atoms with E-state index >= 15 is 0 Å². The van der Waals surface area contributed by atoms with E-state index in [1.807, 2.05) is 0 Å². The minimum Gasteiger partial charge on any atom is -0.454 e. The summed E-state index contributed by atoms with van der Waals surface area (Å²) in [6.07, 6.45) is 3.22. The molecule has 0 aliphatic carbocycles. The summed E-state index contributed by atoms with van der Waals surface area (Å²) in [5.41, 5.74) is 0.514. The average molecular weight is 347 g/mol. The molecule has 7 nitrogen and oxygen atoms in total. The van der Waals surface area contributed by atoms with E-state index in [0.717, 1.165) is 0 Å². The van der Waals surface area contributed by atoms with Crippen LogP contribution in [0.25, 0.3) is 0 Å². The highest BCUT2D eigenvalue weighted by Crippen LogP contribution is 2.29. The first-order valence-electron chi connectivity index (χ1n) is 7.47. The van der Waals surface area contributed by atoms with Gasteiger partial charge in [-0.2, -0.15) is 0 Å². The van der Waals surface area contributed by atoms with Gasteiger partial charge in [0.15, 0.2) is 15.6 Å². The Kier molecular flexibility index (Phi) is 4.66. The van der Waals surface area contributed by atoms with Gasteiger partial charge in [-0.25, -0.2) is 13.2 Å². The van der Waals surface area contributed by atoms with Crippen molar-refractivity contribution < 1.29 is 17.9 Å². The maximum absolute atomic E-state index is 12.3. The number of carbonyl (C=O) groups is 1. The number of ether oxygens (including phenoxy) is 1. The van der Waals surface area contributed by atoms with Gasteiger partial charge in [0.05, 0.1) is 23.4 Å². The molecule has 0 atom stereocenters. The quantitative estimate of drug-likeness (QED) is 0.919. The molecule has 1 aromatic carbocycles. The van der Waals surface area contributed by atoms with E-state index in [2.05, 4.69) is 10.3 Å². The van der Waals surface area contributed by atoms with Crippen LogP contribution < -0.4 is 10.1 Å². The molecule has 2 heterocycles. The molecule has 0 spiro atoms. The van der Waals surface area contributed by atoms with Crippen molar-refractivity contribution in [2.75, 3.05) is 29.9 Å². The third-order valence-corrected chi connectivity index (χ3v) is 5.23. The van der Waals surface area contributed by atoms with Gasteiger partial charge in [-0.3, -0.25) is 4.98 Å². The van der Waals surface area contributed by atoms with Crippen molar-refractivity contribution in [1.82, 2.24) is 9.88 Å². The van der Waals surface area contributed by atoms with Crippen LogP contribution in [0, 0.1) is 0 Å². The van der Waals surface area contributed by atoms with Crippen molar-refractivity contribution in [3.63, 3.8) is 0 Å². The number of pyridine rings is 1. The molecular formula is C16H17N3O4S. The second-order valence-corrected chi connectivity index (χ2v) is 7.66. The third-order valence-electron chi connectivity index (χ3n) is 3.62. The zero-order valence-corrected chi connectivity index (χ0v) is 13.7. The number of rotatable bonds is 3. The summed E-state index contributed by atoms with van der Waals surface area (Å²) in [6, 6.07) is 10.2. The number of nitrogens with one attached hydrogen (secondary N) is 1. The summed E-state index contributed by atoms with van der Waals surface area (Å²) in [6.45, 7) is 0.388. The van der Waals surface area contributed by atoms with Crippen LogP contribution in [0.5, 0.6) is 11.5 Å². The van der Waals surface area contributed by atoms with Gasteiger partial charge >= 0.3 is 6.03 Å². The number of carbonyl (C=O) groups excluding carboxylic acids is 1. The number of nitrogens with zero attached hydrogens (tertiary/aromatic N) is 2. The normalized spacial score (nSPS) is 16.4. The summed E-state index contributed by atoms with van der Waals surface area (Å²) in [5.74, 6) is 1.04. The Morgan fingerprint density at radius 2 is 1.88 bits per heavy atom. The van der Waals surface area contributed by atoms with Gasteiger partial charge in [-0.15, -0.1) is 0 Å². The molecule has 0 saturated carbocycles. The van der Waals surface area contributed by atoms with Gasteiger partial charge in [0, 0.05) is 19.3 Å². The van der Waals surface area contributed by atoms with Gasteiger partial charge < -0.3 is 15.0 Å². The molecule has 1 saturated heterocycles. The molecule has 0 radical (unpaired) electrons. The van der Waals surface area contributed by atoms with Gasteiger partial charge in [0.1, 0.15) is 5.75 Å². The number of hydrogen-bond acceptors (Lipinski definition) is 5. The summed E-state index contributed by atoms with van der Waals surface area (Å²) >= 11 is 0. The first-order chi connectivity index (χ1) is 11.5. The fourth-order valence-corrected chi connectivity index (χ4v) is 3.50. The summed E-state index contributed by atoms with van der Waals surface area (Å²) in [5, 5.41) is 2.77. The number of sulfone groups is 1. The van der Waals surface area contributed by atoms with E-state index < -0.39 is 9.84 Å². The van der Waals surface area contributed by atoms with Crippen LogP contribution in [-0.2, 0) is 9.84 Å². The number of anilines is 1. The highest BCUT2D eigenvalue weighted by molar-refractivity contribution is 7.91. The minimum absolute atomic E-state index is 0.00570. The molecule has 0 unspecified atom stereocenters. The van der Waals surface area contributed by atoms with Crippen molar-refractivity contribution >= 4 is 21.6 Å². The Labute approximate surface area is 140 Å². The van der Waals surface area contributed by atoms with Crippen LogP contribution in [0.4, 0.5) is 10.5 Å². The Morgan fingerprint density at radius 3 is 2.58 bits per heavy atom. The highest BCUT2D eigenvalue weighted by Gasteiger charge is 2.25. The Bertz CT molecular complexity index is 810. The highest BCUT2D eigenvalue weighted by atomic mass is 32.2. The van der Waals surface area contributed by atoms with Crippen LogP contribution in [0.3, 0.4) is 0 Å². The molecule has 8 heteroatoms. The Balaban J connectivity index is 1.70. The lowest BCUT2D eigenvalue weighted by molar-refractivity contribution is 0.216. The van der Waals surface area contributed by atoms with Crippen LogP contribution >= 0.6 is 0 Å². The molecule has 1 aromatic heterocycles. The zero-order valence-electron chi connectivity index (χ0n) is 12.9. The number of amides is 2. The van der Waals surface area contributed by atoms with Crippen LogP contribution in [0.15, 0.2) is 48.8 Å². The van der Waals surface area contributed by atoms with Crippen LogP contribution in [-0.4, -0.2) is 48.9 Å². The lowest BCUT2D eigenvalue weighted by Gasteiger charge is -2.27.